The predicted octanol–water partition coefficient (Wildman–Crippen LogP) is 1.25. The van der Waals surface area contributed by atoms with Crippen molar-refractivity contribution in [2.24, 2.45) is 5.92 Å². The summed E-state index contributed by atoms with van der Waals surface area (Å²) in [6.45, 7) is 5.19. The highest BCUT2D eigenvalue weighted by Crippen LogP contribution is 1.97. The van der Waals surface area contributed by atoms with E-state index in [1.807, 2.05) is 6.07 Å². The van der Waals surface area contributed by atoms with Gasteiger partial charge in [-0.1, -0.05) is 19.9 Å². The third kappa shape index (κ3) is 7.18. The van der Waals surface area contributed by atoms with Crippen LogP contribution in [0.25, 0.3) is 0 Å². The van der Waals surface area contributed by atoms with E-state index in [1.54, 1.807) is 18.5 Å². The van der Waals surface area contributed by atoms with Gasteiger partial charge in [-0.3, -0.25) is 14.6 Å². The predicted molar refractivity (Wildman–Crippen MR) is 73.2 cm³/mol. The molecule has 0 atom stereocenters. The van der Waals surface area contributed by atoms with Crippen molar-refractivity contribution in [2.45, 2.75) is 33.2 Å². The molecule has 2 amide bonds. The number of hydrogen-bond donors (Lipinski definition) is 2. The van der Waals surface area contributed by atoms with Crippen molar-refractivity contribution < 1.29 is 9.59 Å². The quantitative estimate of drug-likeness (QED) is 0.727. The first-order chi connectivity index (χ1) is 9.08. The van der Waals surface area contributed by atoms with Crippen molar-refractivity contribution in [3.63, 3.8) is 0 Å². The van der Waals surface area contributed by atoms with Crippen LogP contribution in [-0.2, 0) is 16.1 Å². The zero-order valence-electron chi connectivity index (χ0n) is 11.5. The van der Waals surface area contributed by atoms with Crippen molar-refractivity contribution >= 4 is 11.8 Å². The van der Waals surface area contributed by atoms with Crippen molar-refractivity contribution in [1.29, 1.82) is 0 Å². The lowest BCUT2D eigenvalue weighted by Gasteiger charge is -2.07. The van der Waals surface area contributed by atoms with Crippen molar-refractivity contribution in [2.75, 3.05) is 6.54 Å². The van der Waals surface area contributed by atoms with Crippen molar-refractivity contribution in [1.82, 2.24) is 15.6 Å². The van der Waals surface area contributed by atoms with Gasteiger partial charge in [-0.05, 0) is 24.0 Å². The number of nitrogens with one attached hydrogen (secondary N) is 2. The SMILES string of the molecule is CC(C)CCNC(=O)CC(=O)NCc1cccnc1. The number of hydrogen-bond acceptors (Lipinski definition) is 3. The molecule has 1 heterocycles. The number of carbonyl (C=O) groups is 2. The molecule has 0 spiro atoms. The highest BCUT2D eigenvalue weighted by molar-refractivity contribution is 5.96. The number of nitrogens with zero attached hydrogens (tertiary/aromatic N) is 1. The first kappa shape index (κ1) is 15.1. The fourth-order valence-corrected chi connectivity index (χ4v) is 1.47. The molecule has 0 aliphatic rings. The van der Waals surface area contributed by atoms with Gasteiger partial charge in [0.25, 0.3) is 0 Å². The van der Waals surface area contributed by atoms with E-state index in [0.29, 0.717) is 19.0 Å². The molecule has 0 saturated carbocycles. The fourth-order valence-electron chi connectivity index (χ4n) is 1.47. The Morgan fingerprint density at radius 2 is 2.00 bits per heavy atom. The number of rotatable bonds is 7. The van der Waals surface area contributed by atoms with Crippen LogP contribution in [0.3, 0.4) is 0 Å². The van der Waals surface area contributed by atoms with Crippen molar-refractivity contribution in [3.05, 3.63) is 30.1 Å². The summed E-state index contributed by atoms with van der Waals surface area (Å²) in [5.41, 5.74) is 0.913. The largest absolute Gasteiger partial charge is 0.356 e. The van der Waals surface area contributed by atoms with Gasteiger partial charge in [0, 0.05) is 25.5 Å². The molecule has 0 unspecified atom stereocenters. The van der Waals surface area contributed by atoms with Crippen LogP contribution in [0.5, 0.6) is 0 Å². The van der Waals surface area contributed by atoms with Gasteiger partial charge in [0.1, 0.15) is 6.42 Å². The Balaban J connectivity index is 2.18. The van der Waals surface area contributed by atoms with Gasteiger partial charge in [0.05, 0.1) is 0 Å². The number of pyridine rings is 1. The molecule has 2 N–H and O–H groups in total. The van der Waals surface area contributed by atoms with Gasteiger partial charge in [-0.25, -0.2) is 0 Å². The van der Waals surface area contributed by atoms with Gasteiger partial charge in [-0.15, -0.1) is 0 Å². The molecular weight excluding hydrogens is 242 g/mol. The zero-order chi connectivity index (χ0) is 14.1. The topological polar surface area (TPSA) is 71.1 Å². The van der Waals surface area contributed by atoms with Crippen molar-refractivity contribution in [3.8, 4) is 0 Å². The normalized spacial score (nSPS) is 10.3. The average molecular weight is 263 g/mol. The molecule has 0 aliphatic heterocycles. The highest BCUT2D eigenvalue weighted by Gasteiger charge is 2.08. The van der Waals surface area contributed by atoms with Gasteiger partial charge in [0.2, 0.25) is 11.8 Å². The van der Waals surface area contributed by atoms with Crippen LogP contribution in [0.4, 0.5) is 0 Å². The molecule has 0 bridgehead atoms. The first-order valence-electron chi connectivity index (χ1n) is 6.50. The summed E-state index contributed by atoms with van der Waals surface area (Å²) in [5, 5.41) is 5.42. The molecule has 5 heteroatoms. The van der Waals surface area contributed by atoms with E-state index < -0.39 is 0 Å². The molecule has 0 aliphatic carbocycles. The second kappa shape index (κ2) is 8.24. The summed E-state index contributed by atoms with van der Waals surface area (Å²) in [5.74, 6) is 0.0370. The molecule has 0 saturated heterocycles. The van der Waals surface area contributed by atoms with E-state index in [0.717, 1.165) is 12.0 Å². The summed E-state index contributed by atoms with van der Waals surface area (Å²) < 4.78 is 0. The van der Waals surface area contributed by atoms with E-state index in [4.69, 9.17) is 0 Å². The Hall–Kier alpha value is -1.91. The van der Waals surface area contributed by atoms with E-state index >= 15 is 0 Å². The third-order valence-corrected chi connectivity index (χ3v) is 2.58. The minimum absolute atomic E-state index is 0.127. The maximum Gasteiger partial charge on any atom is 0.229 e. The number of amides is 2. The van der Waals surface area contributed by atoms with E-state index in [9.17, 15) is 9.59 Å². The Bertz CT molecular complexity index is 404. The molecule has 1 aromatic rings. The van der Waals surface area contributed by atoms with Crippen LogP contribution in [0.1, 0.15) is 32.3 Å². The molecule has 0 aromatic carbocycles. The van der Waals surface area contributed by atoms with Crippen LogP contribution in [0, 0.1) is 5.92 Å². The lowest BCUT2D eigenvalue weighted by atomic mass is 10.1. The summed E-state index contributed by atoms with van der Waals surface area (Å²) in [6, 6.07) is 3.68. The minimum atomic E-state index is -0.272. The van der Waals surface area contributed by atoms with E-state index in [-0.39, 0.29) is 18.2 Å². The molecule has 0 fully saturated rings. The van der Waals surface area contributed by atoms with Crippen LogP contribution < -0.4 is 10.6 Å². The minimum Gasteiger partial charge on any atom is -0.356 e. The standard InChI is InChI=1S/C14H21N3O2/c1-11(2)5-7-16-13(18)8-14(19)17-10-12-4-3-6-15-9-12/h3-4,6,9,11H,5,7-8,10H2,1-2H3,(H,16,18)(H,17,19). The molecule has 1 aromatic heterocycles. The molecule has 104 valence electrons. The molecule has 5 nitrogen and oxygen atoms in total. The summed E-state index contributed by atoms with van der Waals surface area (Å²) in [7, 11) is 0. The Morgan fingerprint density at radius 3 is 2.63 bits per heavy atom. The average Bonchev–Trinajstić information content (AvgIpc) is 2.37. The van der Waals surface area contributed by atoms with E-state index in [1.165, 1.54) is 0 Å². The lowest BCUT2D eigenvalue weighted by molar-refractivity contribution is -0.129. The highest BCUT2D eigenvalue weighted by atomic mass is 16.2. The van der Waals surface area contributed by atoms with Gasteiger partial charge >= 0.3 is 0 Å². The first-order valence-corrected chi connectivity index (χ1v) is 6.50. The Morgan fingerprint density at radius 1 is 1.26 bits per heavy atom. The molecule has 1 rings (SSSR count). The summed E-state index contributed by atoms with van der Waals surface area (Å²) >= 11 is 0. The summed E-state index contributed by atoms with van der Waals surface area (Å²) in [6.07, 6.45) is 4.15. The number of aromatic nitrogens is 1. The van der Waals surface area contributed by atoms with Gasteiger partial charge in [-0.2, -0.15) is 0 Å². The maximum absolute atomic E-state index is 11.5. The second-order valence-corrected chi connectivity index (χ2v) is 4.85. The summed E-state index contributed by atoms with van der Waals surface area (Å²) in [4.78, 5) is 26.9. The lowest BCUT2D eigenvalue weighted by Crippen LogP contribution is -2.32. The molecule has 19 heavy (non-hydrogen) atoms. The Labute approximate surface area is 113 Å². The smallest absolute Gasteiger partial charge is 0.229 e. The van der Waals surface area contributed by atoms with Crippen LogP contribution in [0.15, 0.2) is 24.5 Å². The third-order valence-electron chi connectivity index (χ3n) is 2.58. The van der Waals surface area contributed by atoms with E-state index in [2.05, 4.69) is 29.5 Å². The zero-order valence-corrected chi connectivity index (χ0v) is 11.5. The maximum atomic E-state index is 11.5. The molecule has 0 radical (unpaired) electrons. The van der Waals surface area contributed by atoms with Gasteiger partial charge < -0.3 is 10.6 Å². The van der Waals surface area contributed by atoms with Crippen LogP contribution in [-0.4, -0.2) is 23.3 Å². The monoisotopic (exact) mass is 263 g/mol. The number of carbonyl (C=O) groups excluding carboxylic acids is 2. The van der Waals surface area contributed by atoms with Gasteiger partial charge in [0.15, 0.2) is 0 Å². The second-order valence-electron chi connectivity index (χ2n) is 4.85. The van der Waals surface area contributed by atoms with Crippen LogP contribution in [0.2, 0.25) is 0 Å². The molecular formula is C14H21N3O2. The van der Waals surface area contributed by atoms with Crippen LogP contribution >= 0.6 is 0 Å². The fraction of sp³-hybridized carbons (Fsp3) is 0.500. The Kier molecular flexibility index (Phi) is 6.57.